The van der Waals surface area contributed by atoms with Crippen LogP contribution < -0.4 is 5.32 Å². The summed E-state index contributed by atoms with van der Waals surface area (Å²) in [6.07, 6.45) is 1.73. The molecule has 6 heteroatoms. The van der Waals surface area contributed by atoms with Gasteiger partial charge in [0, 0.05) is 17.4 Å². The van der Waals surface area contributed by atoms with Crippen LogP contribution in [-0.2, 0) is 29.3 Å². The number of nitrogens with zero attached hydrogens (tertiary/aromatic N) is 3. The predicted octanol–water partition coefficient (Wildman–Crippen LogP) is 1.93. The van der Waals surface area contributed by atoms with Crippen molar-refractivity contribution < 1.29 is 17.1 Å². The first kappa shape index (κ1) is 17.2. The van der Waals surface area contributed by atoms with E-state index in [9.17, 15) is 0 Å². The monoisotopic (exact) mass is 313 g/mol. The van der Waals surface area contributed by atoms with E-state index in [1.165, 1.54) is 0 Å². The van der Waals surface area contributed by atoms with Crippen molar-refractivity contribution in [1.29, 1.82) is 0 Å². The summed E-state index contributed by atoms with van der Waals surface area (Å²) in [5, 5.41) is 7.69. The molecule has 0 aromatic carbocycles. The van der Waals surface area contributed by atoms with Crippen LogP contribution in [0.15, 0.2) is 29.5 Å². The van der Waals surface area contributed by atoms with Crippen molar-refractivity contribution in [3.8, 4) is 0 Å². The van der Waals surface area contributed by atoms with E-state index in [2.05, 4.69) is 33.0 Å². The topological polar surface area (TPSA) is 51.4 Å². The fourth-order valence-electron chi connectivity index (χ4n) is 1.11. The Bertz CT molecular complexity index is 412. The first-order valence-corrected chi connectivity index (χ1v) is 5.84. The van der Waals surface area contributed by atoms with Crippen LogP contribution in [0.5, 0.6) is 0 Å². The molecule has 1 heterocycles. The van der Waals surface area contributed by atoms with Crippen LogP contribution in [0.3, 0.4) is 0 Å². The van der Waals surface area contributed by atoms with Gasteiger partial charge in [0.1, 0.15) is 0 Å². The minimum atomic E-state index is -0.0744. The molecule has 1 radical (unpaired) electrons. The second-order valence-electron chi connectivity index (χ2n) is 4.70. The molecule has 0 amide bonds. The van der Waals surface area contributed by atoms with Crippen molar-refractivity contribution in [2.75, 3.05) is 0 Å². The molecule has 1 aromatic rings. The summed E-state index contributed by atoms with van der Waals surface area (Å²) in [7, 11) is 0. The maximum absolute atomic E-state index is 4.22. The van der Waals surface area contributed by atoms with Gasteiger partial charge in [-0.2, -0.15) is 0 Å². The molecule has 0 aliphatic carbocycles. The van der Waals surface area contributed by atoms with E-state index in [1.54, 1.807) is 6.20 Å². The molecule has 0 aliphatic heterocycles. The fourth-order valence-corrected chi connectivity index (χ4v) is 1.49. The van der Waals surface area contributed by atoms with Gasteiger partial charge >= 0.3 is 17.1 Å². The Morgan fingerprint density at radius 2 is 2.06 bits per heavy atom. The first-order chi connectivity index (χ1) is 7.88. The predicted molar refractivity (Wildman–Crippen MR) is 76.5 cm³/mol. The van der Waals surface area contributed by atoms with E-state index >= 15 is 0 Å². The minimum absolute atomic E-state index is 0. The fraction of sp³-hybridized carbons (Fsp3) is 0.417. The van der Waals surface area contributed by atoms with E-state index in [0.717, 1.165) is 11.4 Å². The van der Waals surface area contributed by atoms with Gasteiger partial charge in [-0.15, -0.1) is 0 Å². The second-order valence-corrected chi connectivity index (χ2v) is 5.12. The van der Waals surface area contributed by atoms with Gasteiger partial charge in [-0.1, -0.05) is 6.07 Å². The third kappa shape index (κ3) is 6.81. The van der Waals surface area contributed by atoms with Crippen molar-refractivity contribution >= 4 is 23.0 Å². The van der Waals surface area contributed by atoms with Crippen LogP contribution in [0, 0.1) is 0 Å². The summed E-state index contributed by atoms with van der Waals surface area (Å²) >= 11 is 4.22. The molecule has 18 heavy (non-hydrogen) atoms. The van der Waals surface area contributed by atoms with E-state index in [4.69, 9.17) is 0 Å². The zero-order valence-electron chi connectivity index (χ0n) is 10.9. The Balaban J connectivity index is 0.00000289. The molecule has 0 atom stereocenters. The average Bonchev–Trinajstić information content (AvgIpc) is 2.25. The van der Waals surface area contributed by atoms with Crippen molar-refractivity contribution in [3.05, 3.63) is 35.5 Å². The summed E-state index contributed by atoms with van der Waals surface area (Å²) in [6, 6.07) is 5.68. The quantitative estimate of drug-likeness (QED) is 0.226. The van der Waals surface area contributed by atoms with E-state index in [-0.39, 0.29) is 22.6 Å². The van der Waals surface area contributed by atoms with Gasteiger partial charge in [-0.25, -0.2) is 0 Å². The number of pyridine rings is 1. The number of nitrogens with one attached hydrogen (secondary N) is 1. The molecule has 4 nitrogen and oxygen atoms in total. The zero-order valence-corrected chi connectivity index (χ0v) is 12.7. The van der Waals surface area contributed by atoms with Crippen molar-refractivity contribution in [3.63, 3.8) is 0 Å². The molecular weight excluding hydrogens is 296 g/mol. The van der Waals surface area contributed by atoms with Gasteiger partial charge in [-0.05, 0) is 39.8 Å². The molecule has 0 saturated carbocycles. The van der Waals surface area contributed by atoms with Crippen LogP contribution in [0.2, 0.25) is 0 Å². The molecule has 1 rings (SSSR count). The number of aromatic nitrogens is 1. The number of rotatable bonds is 2. The van der Waals surface area contributed by atoms with Gasteiger partial charge < -0.3 is 10.5 Å². The molecule has 0 bridgehead atoms. The third-order valence-electron chi connectivity index (χ3n) is 1.82. The van der Waals surface area contributed by atoms with Crippen molar-refractivity contribution in [2.24, 2.45) is 5.10 Å². The molecule has 0 spiro atoms. The van der Waals surface area contributed by atoms with Crippen LogP contribution in [0.1, 0.15) is 33.4 Å². The number of thiol groups is 1. The largest absolute Gasteiger partial charge is 2.00 e. The summed E-state index contributed by atoms with van der Waals surface area (Å²) in [6.45, 7) is 7.97. The second kappa shape index (κ2) is 7.59. The summed E-state index contributed by atoms with van der Waals surface area (Å²) in [5.74, 6) is 0. The Hall–Kier alpha value is -0.811. The Labute approximate surface area is 124 Å². The van der Waals surface area contributed by atoms with Crippen molar-refractivity contribution in [1.82, 2.24) is 10.3 Å². The summed E-state index contributed by atoms with van der Waals surface area (Å²) < 4.78 is 0. The number of hydrogen-bond acceptors (Lipinski definition) is 2. The van der Waals surface area contributed by atoms with Crippen LogP contribution in [0.4, 0.5) is 0 Å². The molecule has 0 saturated heterocycles. The molecule has 0 aliphatic rings. The standard InChI is InChI=1S/C12H18N4S.Cu/c1-9(10-7-5-6-8-13-10)15-16-11(17)14-12(2,3)4;/h5-8H,1-4H3,(H2,13,14,16,17);/q;+2. The van der Waals surface area contributed by atoms with Crippen LogP contribution in [-0.4, -0.2) is 21.3 Å². The average molecular weight is 314 g/mol. The van der Waals surface area contributed by atoms with Crippen LogP contribution >= 0.6 is 0 Å². The van der Waals surface area contributed by atoms with Gasteiger partial charge in [0.15, 0.2) is 17.3 Å². The van der Waals surface area contributed by atoms with E-state index in [1.807, 2.05) is 45.9 Å². The SMILES string of the molecule is CC(=N[N-]C(=[SH+])NC(C)(C)C)c1ccccn1.[Cu+2]. The molecule has 0 unspecified atom stereocenters. The Morgan fingerprint density at radius 3 is 2.56 bits per heavy atom. The summed E-state index contributed by atoms with van der Waals surface area (Å²) in [4.78, 5) is 4.19. The molecule has 1 aromatic heterocycles. The smallest absolute Gasteiger partial charge is 0.515 e. The molecule has 101 valence electrons. The molecule has 0 fully saturated rings. The minimum Gasteiger partial charge on any atom is -0.515 e. The first-order valence-electron chi connectivity index (χ1n) is 5.39. The summed E-state index contributed by atoms with van der Waals surface area (Å²) in [5.41, 5.74) is 5.50. The molecular formula is C12H18CuN4S+2. The van der Waals surface area contributed by atoms with Gasteiger partial charge in [0.05, 0.1) is 5.69 Å². The Morgan fingerprint density at radius 1 is 1.39 bits per heavy atom. The van der Waals surface area contributed by atoms with Crippen LogP contribution in [0.25, 0.3) is 5.43 Å². The molecule has 1 N–H and O–H groups in total. The third-order valence-corrected chi connectivity index (χ3v) is 2.02. The zero-order chi connectivity index (χ0) is 12.9. The van der Waals surface area contributed by atoms with E-state index < -0.39 is 0 Å². The maximum atomic E-state index is 4.22. The van der Waals surface area contributed by atoms with E-state index in [0.29, 0.717) is 5.11 Å². The van der Waals surface area contributed by atoms with Gasteiger partial charge in [-0.3, -0.25) is 10.3 Å². The maximum Gasteiger partial charge on any atom is 2.00 e. The van der Waals surface area contributed by atoms with Gasteiger partial charge in [0.2, 0.25) is 0 Å². The van der Waals surface area contributed by atoms with Gasteiger partial charge in [0.25, 0.3) is 0 Å². The van der Waals surface area contributed by atoms with Crippen molar-refractivity contribution in [2.45, 2.75) is 33.2 Å². The normalized spacial score (nSPS) is 11.7. The number of hydrogen-bond donors (Lipinski definition) is 1. The Kier molecular flexibility index (Phi) is 7.24.